The van der Waals surface area contributed by atoms with Gasteiger partial charge >= 0.3 is 5.97 Å². The molecule has 0 fully saturated rings. The molecular formula is C12H22N2O4. The zero-order valence-electron chi connectivity index (χ0n) is 11.2. The predicted octanol–water partition coefficient (Wildman–Crippen LogP) is 0.614. The molecule has 0 rings (SSSR count). The zero-order chi connectivity index (χ0) is 14.1. The first-order chi connectivity index (χ1) is 8.36. The first-order valence-electron chi connectivity index (χ1n) is 6.15. The van der Waals surface area contributed by atoms with E-state index in [1.165, 1.54) is 4.90 Å². The third-order valence-corrected chi connectivity index (χ3v) is 2.30. The van der Waals surface area contributed by atoms with Crippen molar-refractivity contribution in [3.63, 3.8) is 0 Å². The molecule has 18 heavy (non-hydrogen) atoms. The SMILES string of the molecule is CCN(CC(=O)NC(C)C)C(=O)CCCC(=O)O. The van der Waals surface area contributed by atoms with E-state index in [1.807, 2.05) is 13.8 Å². The Kier molecular flexibility index (Phi) is 7.74. The smallest absolute Gasteiger partial charge is 0.303 e. The molecule has 0 saturated carbocycles. The first-order valence-corrected chi connectivity index (χ1v) is 6.15. The number of likely N-dealkylation sites (N-methyl/N-ethyl adjacent to an activating group) is 1. The van der Waals surface area contributed by atoms with Gasteiger partial charge < -0.3 is 15.3 Å². The zero-order valence-corrected chi connectivity index (χ0v) is 11.2. The lowest BCUT2D eigenvalue weighted by Gasteiger charge is -2.21. The van der Waals surface area contributed by atoms with Gasteiger partial charge in [0.1, 0.15) is 0 Å². The fraction of sp³-hybridized carbons (Fsp3) is 0.750. The third-order valence-electron chi connectivity index (χ3n) is 2.30. The van der Waals surface area contributed by atoms with Crippen LogP contribution in [0.1, 0.15) is 40.0 Å². The van der Waals surface area contributed by atoms with Gasteiger partial charge in [-0.1, -0.05) is 0 Å². The van der Waals surface area contributed by atoms with Crippen LogP contribution in [-0.2, 0) is 14.4 Å². The quantitative estimate of drug-likeness (QED) is 0.668. The molecule has 0 heterocycles. The molecule has 0 aliphatic rings. The number of carboxylic acid groups (broad SMARTS) is 1. The van der Waals surface area contributed by atoms with E-state index < -0.39 is 5.97 Å². The van der Waals surface area contributed by atoms with Crippen molar-refractivity contribution in [2.75, 3.05) is 13.1 Å². The van der Waals surface area contributed by atoms with Gasteiger partial charge in [0, 0.05) is 25.4 Å². The number of amides is 2. The maximum atomic E-state index is 11.7. The van der Waals surface area contributed by atoms with Crippen molar-refractivity contribution in [2.45, 2.75) is 46.1 Å². The van der Waals surface area contributed by atoms with Gasteiger partial charge in [-0.3, -0.25) is 14.4 Å². The van der Waals surface area contributed by atoms with Crippen molar-refractivity contribution in [3.8, 4) is 0 Å². The van der Waals surface area contributed by atoms with Crippen molar-refractivity contribution in [1.82, 2.24) is 10.2 Å². The summed E-state index contributed by atoms with van der Waals surface area (Å²) in [7, 11) is 0. The highest BCUT2D eigenvalue weighted by Gasteiger charge is 2.15. The summed E-state index contributed by atoms with van der Waals surface area (Å²) in [5.41, 5.74) is 0. The van der Waals surface area contributed by atoms with E-state index in [0.717, 1.165) is 0 Å². The van der Waals surface area contributed by atoms with E-state index in [2.05, 4.69) is 5.32 Å². The second-order valence-corrected chi connectivity index (χ2v) is 4.38. The van der Waals surface area contributed by atoms with E-state index in [-0.39, 0.29) is 37.2 Å². The second kappa shape index (κ2) is 8.49. The van der Waals surface area contributed by atoms with Gasteiger partial charge in [0.25, 0.3) is 0 Å². The van der Waals surface area contributed by atoms with E-state index >= 15 is 0 Å². The van der Waals surface area contributed by atoms with E-state index in [9.17, 15) is 14.4 Å². The molecule has 0 radical (unpaired) electrons. The van der Waals surface area contributed by atoms with Crippen molar-refractivity contribution in [2.24, 2.45) is 0 Å². The van der Waals surface area contributed by atoms with Crippen LogP contribution in [0.25, 0.3) is 0 Å². The lowest BCUT2D eigenvalue weighted by atomic mass is 10.2. The molecule has 0 aliphatic heterocycles. The Morgan fingerprint density at radius 1 is 1.22 bits per heavy atom. The Bertz CT molecular complexity index is 302. The number of nitrogens with zero attached hydrogens (tertiary/aromatic N) is 1. The van der Waals surface area contributed by atoms with Gasteiger partial charge in [-0.15, -0.1) is 0 Å². The van der Waals surface area contributed by atoms with Gasteiger partial charge in [-0.2, -0.15) is 0 Å². The maximum Gasteiger partial charge on any atom is 0.303 e. The number of carbonyl (C=O) groups excluding carboxylic acids is 2. The largest absolute Gasteiger partial charge is 0.481 e. The van der Waals surface area contributed by atoms with Crippen LogP contribution in [0.3, 0.4) is 0 Å². The second-order valence-electron chi connectivity index (χ2n) is 4.38. The van der Waals surface area contributed by atoms with Crippen LogP contribution in [-0.4, -0.2) is 46.9 Å². The molecule has 0 aromatic rings. The number of aliphatic carboxylic acids is 1. The third kappa shape index (κ3) is 7.65. The van der Waals surface area contributed by atoms with Crippen LogP contribution in [0, 0.1) is 0 Å². The summed E-state index contributed by atoms with van der Waals surface area (Å²) in [4.78, 5) is 35.0. The van der Waals surface area contributed by atoms with Crippen LogP contribution >= 0.6 is 0 Å². The van der Waals surface area contributed by atoms with E-state index in [0.29, 0.717) is 13.0 Å². The molecule has 6 nitrogen and oxygen atoms in total. The van der Waals surface area contributed by atoms with Gasteiger partial charge in [-0.25, -0.2) is 0 Å². The molecular weight excluding hydrogens is 236 g/mol. The maximum absolute atomic E-state index is 11.7. The highest BCUT2D eigenvalue weighted by molar-refractivity contribution is 5.85. The number of carboxylic acids is 1. The predicted molar refractivity (Wildman–Crippen MR) is 67.0 cm³/mol. The lowest BCUT2D eigenvalue weighted by molar-refractivity contribution is -0.138. The summed E-state index contributed by atoms with van der Waals surface area (Å²) < 4.78 is 0. The van der Waals surface area contributed by atoms with Gasteiger partial charge in [-0.05, 0) is 27.2 Å². The molecule has 0 bridgehead atoms. The molecule has 0 atom stereocenters. The highest BCUT2D eigenvalue weighted by Crippen LogP contribution is 2.01. The average molecular weight is 258 g/mol. The van der Waals surface area contributed by atoms with E-state index in [4.69, 9.17) is 5.11 Å². The lowest BCUT2D eigenvalue weighted by Crippen LogP contribution is -2.42. The number of hydrogen-bond acceptors (Lipinski definition) is 3. The minimum atomic E-state index is -0.914. The van der Waals surface area contributed by atoms with Crippen molar-refractivity contribution in [1.29, 1.82) is 0 Å². The molecule has 0 aromatic heterocycles. The Labute approximate surface area is 107 Å². The standard InChI is InChI=1S/C12H22N2O4/c1-4-14(8-10(15)13-9(2)3)11(16)6-5-7-12(17)18/h9H,4-8H2,1-3H3,(H,13,15)(H,17,18). The summed E-state index contributed by atoms with van der Waals surface area (Å²) in [6, 6.07) is 0.0401. The van der Waals surface area contributed by atoms with Crippen LogP contribution < -0.4 is 5.32 Å². The fourth-order valence-corrected chi connectivity index (χ4v) is 1.47. The van der Waals surface area contributed by atoms with Crippen molar-refractivity contribution in [3.05, 3.63) is 0 Å². The molecule has 0 spiro atoms. The molecule has 0 aromatic carbocycles. The number of nitrogens with one attached hydrogen (secondary N) is 1. The topological polar surface area (TPSA) is 86.7 Å². The average Bonchev–Trinajstić information content (AvgIpc) is 2.24. The molecule has 0 unspecified atom stereocenters. The Balaban J connectivity index is 4.10. The number of hydrogen-bond donors (Lipinski definition) is 2. The molecule has 2 amide bonds. The van der Waals surface area contributed by atoms with Gasteiger partial charge in [0.2, 0.25) is 11.8 Å². The molecule has 0 saturated heterocycles. The molecule has 0 aliphatic carbocycles. The summed E-state index contributed by atoms with van der Waals surface area (Å²) in [5.74, 6) is -1.29. The summed E-state index contributed by atoms with van der Waals surface area (Å²) in [6.45, 7) is 5.96. The molecule has 104 valence electrons. The van der Waals surface area contributed by atoms with Gasteiger partial charge in [0.05, 0.1) is 6.54 Å². The Hall–Kier alpha value is -1.59. The molecule has 2 N–H and O–H groups in total. The van der Waals surface area contributed by atoms with Crippen LogP contribution in [0.5, 0.6) is 0 Å². The first kappa shape index (κ1) is 16.4. The minimum absolute atomic E-state index is 0.0263. The van der Waals surface area contributed by atoms with Crippen LogP contribution in [0.15, 0.2) is 0 Å². The number of rotatable bonds is 8. The Morgan fingerprint density at radius 3 is 2.28 bits per heavy atom. The van der Waals surface area contributed by atoms with Crippen molar-refractivity contribution < 1.29 is 19.5 Å². The van der Waals surface area contributed by atoms with Gasteiger partial charge in [0.15, 0.2) is 0 Å². The van der Waals surface area contributed by atoms with E-state index in [1.54, 1.807) is 6.92 Å². The Morgan fingerprint density at radius 2 is 1.83 bits per heavy atom. The monoisotopic (exact) mass is 258 g/mol. The highest BCUT2D eigenvalue weighted by atomic mass is 16.4. The minimum Gasteiger partial charge on any atom is -0.481 e. The number of carbonyl (C=O) groups is 3. The molecule has 6 heteroatoms. The van der Waals surface area contributed by atoms with Crippen LogP contribution in [0.4, 0.5) is 0 Å². The van der Waals surface area contributed by atoms with Crippen LogP contribution in [0.2, 0.25) is 0 Å². The summed E-state index contributed by atoms with van der Waals surface area (Å²) >= 11 is 0. The normalized spacial score (nSPS) is 10.2. The summed E-state index contributed by atoms with van der Waals surface area (Å²) in [6.07, 6.45) is 0.438. The summed E-state index contributed by atoms with van der Waals surface area (Å²) in [5, 5.41) is 11.2. The van der Waals surface area contributed by atoms with Crippen molar-refractivity contribution >= 4 is 17.8 Å². The fourth-order valence-electron chi connectivity index (χ4n) is 1.47.